The van der Waals surface area contributed by atoms with E-state index < -0.39 is 0 Å². The standard InChI is InChI=1S/C13H18N4OS/c1-3-14-12-11(18-2)13(17-9-16-12)15-7-6-10-5-4-8-19-10/h4-5,8-9H,3,6-7H2,1-2H3,(H2,14,15,16,17). The second-order valence-electron chi connectivity index (χ2n) is 3.89. The van der Waals surface area contributed by atoms with Crippen LogP contribution >= 0.6 is 11.3 Å². The number of anilines is 2. The van der Waals surface area contributed by atoms with E-state index in [4.69, 9.17) is 4.74 Å². The second-order valence-corrected chi connectivity index (χ2v) is 4.92. The first kappa shape index (κ1) is 13.6. The molecule has 0 aromatic carbocycles. The van der Waals surface area contributed by atoms with Gasteiger partial charge in [-0.05, 0) is 24.8 Å². The van der Waals surface area contributed by atoms with E-state index in [1.54, 1.807) is 18.4 Å². The van der Waals surface area contributed by atoms with Gasteiger partial charge >= 0.3 is 0 Å². The van der Waals surface area contributed by atoms with Gasteiger partial charge in [0, 0.05) is 18.0 Å². The van der Waals surface area contributed by atoms with Crippen molar-refractivity contribution >= 4 is 23.0 Å². The number of aromatic nitrogens is 2. The molecule has 0 radical (unpaired) electrons. The number of nitrogens with zero attached hydrogens (tertiary/aromatic N) is 2. The van der Waals surface area contributed by atoms with Gasteiger partial charge < -0.3 is 15.4 Å². The quantitative estimate of drug-likeness (QED) is 0.815. The van der Waals surface area contributed by atoms with Crippen molar-refractivity contribution in [1.29, 1.82) is 0 Å². The Kier molecular flexibility index (Phi) is 4.97. The third-order valence-electron chi connectivity index (χ3n) is 2.60. The Morgan fingerprint density at radius 3 is 2.68 bits per heavy atom. The van der Waals surface area contributed by atoms with Gasteiger partial charge in [0.25, 0.3) is 0 Å². The van der Waals surface area contributed by atoms with Crippen LogP contribution in [0.2, 0.25) is 0 Å². The summed E-state index contributed by atoms with van der Waals surface area (Å²) in [5.74, 6) is 2.11. The van der Waals surface area contributed by atoms with Gasteiger partial charge in [-0.1, -0.05) is 6.07 Å². The zero-order valence-corrected chi connectivity index (χ0v) is 12.0. The number of nitrogens with one attached hydrogen (secondary N) is 2. The Morgan fingerprint density at radius 1 is 1.26 bits per heavy atom. The van der Waals surface area contributed by atoms with E-state index in [-0.39, 0.29) is 0 Å². The minimum Gasteiger partial charge on any atom is -0.490 e. The molecule has 19 heavy (non-hydrogen) atoms. The summed E-state index contributed by atoms with van der Waals surface area (Å²) in [6, 6.07) is 4.20. The SMILES string of the molecule is CCNc1ncnc(NCCc2cccs2)c1OC. The summed E-state index contributed by atoms with van der Waals surface area (Å²) in [6.45, 7) is 3.63. The zero-order chi connectivity index (χ0) is 13.5. The fraction of sp³-hybridized carbons (Fsp3) is 0.385. The first-order valence-corrected chi connectivity index (χ1v) is 7.12. The van der Waals surface area contributed by atoms with Crippen LogP contribution in [0.3, 0.4) is 0 Å². The fourth-order valence-electron chi connectivity index (χ4n) is 1.75. The molecule has 0 aliphatic rings. The molecule has 2 heterocycles. The van der Waals surface area contributed by atoms with Crippen molar-refractivity contribution in [2.75, 3.05) is 30.8 Å². The number of methoxy groups -OCH3 is 1. The van der Waals surface area contributed by atoms with E-state index in [0.29, 0.717) is 5.75 Å². The molecular formula is C13H18N4OS. The highest BCUT2D eigenvalue weighted by atomic mass is 32.1. The predicted octanol–water partition coefficient (Wildman–Crippen LogP) is 2.63. The fourth-order valence-corrected chi connectivity index (χ4v) is 2.45. The van der Waals surface area contributed by atoms with Crippen LogP contribution in [0.25, 0.3) is 0 Å². The molecule has 0 spiro atoms. The average molecular weight is 278 g/mol. The molecule has 0 unspecified atom stereocenters. The van der Waals surface area contributed by atoms with E-state index in [1.807, 2.05) is 6.92 Å². The lowest BCUT2D eigenvalue weighted by Gasteiger charge is -2.13. The molecule has 2 aromatic heterocycles. The van der Waals surface area contributed by atoms with Gasteiger partial charge in [-0.3, -0.25) is 0 Å². The molecule has 0 fully saturated rings. The molecule has 2 N–H and O–H groups in total. The molecule has 0 saturated heterocycles. The van der Waals surface area contributed by atoms with E-state index in [1.165, 1.54) is 11.2 Å². The molecule has 0 aliphatic carbocycles. The van der Waals surface area contributed by atoms with E-state index >= 15 is 0 Å². The van der Waals surface area contributed by atoms with Gasteiger partial charge in [0.1, 0.15) is 6.33 Å². The maximum atomic E-state index is 5.37. The third-order valence-corrected chi connectivity index (χ3v) is 3.53. The molecule has 5 nitrogen and oxygen atoms in total. The first-order valence-electron chi connectivity index (χ1n) is 6.24. The van der Waals surface area contributed by atoms with Crippen molar-refractivity contribution in [2.45, 2.75) is 13.3 Å². The molecule has 0 saturated carbocycles. The summed E-state index contributed by atoms with van der Waals surface area (Å²) in [6.07, 6.45) is 2.51. The van der Waals surface area contributed by atoms with Crippen LogP contribution in [0, 0.1) is 0 Å². The first-order chi connectivity index (χ1) is 9.35. The molecule has 0 amide bonds. The van der Waals surface area contributed by atoms with Gasteiger partial charge in [0.2, 0.25) is 5.75 Å². The Hall–Kier alpha value is -1.82. The van der Waals surface area contributed by atoms with Crippen molar-refractivity contribution in [3.8, 4) is 5.75 Å². The summed E-state index contributed by atoms with van der Waals surface area (Å²) in [5.41, 5.74) is 0. The summed E-state index contributed by atoms with van der Waals surface area (Å²) in [4.78, 5) is 9.75. The molecule has 0 aliphatic heterocycles. The van der Waals surface area contributed by atoms with E-state index in [0.717, 1.165) is 31.1 Å². The number of ether oxygens (including phenoxy) is 1. The molecule has 2 aromatic rings. The summed E-state index contributed by atoms with van der Waals surface area (Å²) in [7, 11) is 1.63. The smallest absolute Gasteiger partial charge is 0.204 e. The maximum absolute atomic E-state index is 5.37. The zero-order valence-electron chi connectivity index (χ0n) is 11.1. The Bertz CT molecular complexity index is 501. The number of hydrogen-bond donors (Lipinski definition) is 2. The lowest BCUT2D eigenvalue weighted by atomic mass is 10.3. The van der Waals surface area contributed by atoms with Crippen LogP contribution in [0.5, 0.6) is 5.75 Å². The van der Waals surface area contributed by atoms with Crippen LogP contribution < -0.4 is 15.4 Å². The third kappa shape index (κ3) is 3.57. The van der Waals surface area contributed by atoms with Gasteiger partial charge in [-0.25, -0.2) is 9.97 Å². The van der Waals surface area contributed by atoms with Crippen molar-refractivity contribution in [2.24, 2.45) is 0 Å². The van der Waals surface area contributed by atoms with Gasteiger partial charge in [-0.15, -0.1) is 11.3 Å². The largest absolute Gasteiger partial charge is 0.490 e. The van der Waals surface area contributed by atoms with Crippen molar-refractivity contribution in [1.82, 2.24) is 9.97 Å². The van der Waals surface area contributed by atoms with Crippen LogP contribution in [0.4, 0.5) is 11.6 Å². The molecule has 6 heteroatoms. The van der Waals surface area contributed by atoms with Crippen molar-refractivity contribution in [3.63, 3.8) is 0 Å². The highest BCUT2D eigenvalue weighted by Gasteiger charge is 2.10. The molecular weight excluding hydrogens is 260 g/mol. The molecule has 0 bridgehead atoms. The van der Waals surface area contributed by atoms with Crippen LogP contribution in [-0.2, 0) is 6.42 Å². The monoisotopic (exact) mass is 278 g/mol. The predicted molar refractivity (Wildman–Crippen MR) is 79.3 cm³/mol. The summed E-state index contributed by atoms with van der Waals surface area (Å²) >= 11 is 1.76. The minimum absolute atomic E-state index is 0.663. The average Bonchev–Trinajstić information content (AvgIpc) is 2.93. The summed E-state index contributed by atoms with van der Waals surface area (Å²) in [5, 5.41) is 8.54. The highest BCUT2D eigenvalue weighted by molar-refractivity contribution is 7.09. The number of rotatable bonds is 7. The second kappa shape index (κ2) is 6.94. The van der Waals surface area contributed by atoms with Crippen molar-refractivity contribution in [3.05, 3.63) is 28.7 Å². The Labute approximate surface area is 117 Å². The van der Waals surface area contributed by atoms with Crippen LogP contribution in [0.1, 0.15) is 11.8 Å². The molecule has 102 valence electrons. The Balaban J connectivity index is 2.00. The normalized spacial score (nSPS) is 10.2. The van der Waals surface area contributed by atoms with E-state index in [2.05, 4.69) is 38.1 Å². The minimum atomic E-state index is 0.663. The lowest BCUT2D eigenvalue weighted by molar-refractivity contribution is 0.414. The number of hydrogen-bond acceptors (Lipinski definition) is 6. The summed E-state index contributed by atoms with van der Waals surface area (Å²) < 4.78 is 5.37. The van der Waals surface area contributed by atoms with Gasteiger partial charge in [0.05, 0.1) is 7.11 Å². The highest BCUT2D eigenvalue weighted by Crippen LogP contribution is 2.28. The van der Waals surface area contributed by atoms with E-state index in [9.17, 15) is 0 Å². The number of thiophene rings is 1. The van der Waals surface area contributed by atoms with Crippen LogP contribution in [0.15, 0.2) is 23.8 Å². The lowest BCUT2D eigenvalue weighted by Crippen LogP contribution is -2.10. The van der Waals surface area contributed by atoms with Gasteiger partial charge in [0.15, 0.2) is 11.6 Å². The van der Waals surface area contributed by atoms with Crippen molar-refractivity contribution < 1.29 is 4.74 Å². The van der Waals surface area contributed by atoms with Crippen LogP contribution in [-0.4, -0.2) is 30.2 Å². The Morgan fingerprint density at radius 2 is 2.05 bits per heavy atom. The molecule has 0 atom stereocenters. The maximum Gasteiger partial charge on any atom is 0.204 e. The van der Waals surface area contributed by atoms with Gasteiger partial charge in [-0.2, -0.15) is 0 Å². The topological polar surface area (TPSA) is 59.1 Å². The molecule has 2 rings (SSSR count).